The molecular weight excluding hydrogens is 331 g/mol. The van der Waals surface area contributed by atoms with Crippen molar-refractivity contribution in [2.45, 2.75) is 19.8 Å². The maximum absolute atomic E-state index is 13.2. The molecule has 0 saturated carbocycles. The fourth-order valence-electron chi connectivity index (χ4n) is 2.60. The van der Waals surface area contributed by atoms with Crippen molar-refractivity contribution in [2.75, 3.05) is 18.4 Å². The molecule has 1 aromatic carbocycles. The van der Waals surface area contributed by atoms with Crippen molar-refractivity contribution >= 4 is 29.0 Å². The lowest BCUT2D eigenvalue weighted by molar-refractivity contribution is 0.0691. The molecule has 1 amide bonds. The van der Waals surface area contributed by atoms with Gasteiger partial charge in [0.1, 0.15) is 17.3 Å². The van der Waals surface area contributed by atoms with Crippen molar-refractivity contribution in [1.29, 1.82) is 0 Å². The van der Waals surface area contributed by atoms with Gasteiger partial charge in [-0.05, 0) is 37.0 Å². The van der Waals surface area contributed by atoms with Gasteiger partial charge in [0.2, 0.25) is 0 Å². The van der Waals surface area contributed by atoms with Crippen molar-refractivity contribution < 1.29 is 9.18 Å². The predicted octanol–water partition coefficient (Wildman–Crippen LogP) is 3.88. The van der Waals surface area contributed by atoms with Crippen LogP contribution in [0.5, 0.6) is 0 Å². The number of hydrogen-bond donors (Lipinski definition) is 1. The third kappa shape index (κ3) is 3.82. The lowest BCUT2D eigenvalue weighted by Gasteiger charge is -2.29. The maximum Gasteiger partial charge on any atom is 0.274 e. The summed E-state index contributed by atoms with van der Waals surface area (Å²) in [4.78, 5) is 22.6. The highest BCUT2D eigenvalue weighted by Crippen LogP contribution is 2.22. The van der Waals surface area contributed by atoms with E-state index in [-0.39, 0.29) is 10.9 Å². The predicted molar refractivity (Wildman–Crippen MR) is 91.0 cm³/mol. The zero-order valence-electron chi connectivity index (χ0n) is 13.3. The van der Waals surface area contributed by atoms with Crippen molar-refractivity contribution in [3.63, 3.8) is 0 Å². The molecule has 1 aromatic heterocycles. The Bertz CT molecular complexity index is 730. The van der Waals surface area contributed by atoms with Crippen LogP contribution in [-0.4, -0.2) is 33.9 Å². The number of nitrogens with one attached hydrogen (secondary N) is 1. The first-order chi connectivity index (χ1) is 11.5. The van der Waals surface area contributed by atoms with Crippen molar-refractivity contribution in [3.05, 3.63) is 47.1 Å². The zero-order valence-corrected chi connectivity index (χ0v) is 14.1. The Hall–Kier alpha value is -2.21. The first kappa shape index (κ1) is 16.6. The summed E-state index contributed by atoms with van der Waals surface area (Å²) in [6, 6.07) is 4.29. The summed E-state index contributed by atoms with van der Waals surface area (Å²) >= 11 is 5.74. The molecule has 1 fully saturated rings. The summed E-state index contributed by atoms with van der Waals surface area (Å²) in [7, 11) is 0. The van der Waals surface area contributed by atoms with E-state index >= 15 is 0 Å². The number of carbonyl (C=O) groups excluding carboxylic acids is 1. The molecular formula is C17H18ClFN4O. The zero-order chi connectivity index (χ0) is 17.1. The fourth-order valence-corrected chi connectivity index (χ4v) is 2.78. The van der Waals surface area contributed by atoms with Gasteiger partial charge < -0.3 is 10.2 Å². The van der Waals surface area contributed by atoms with E-state index in [0.717, 1.165) is 25.9 Å². The van der Waals surface area contributed by atoms with Gasteiger partial charge in [-0.15, -0.1) is 0 Å². The van der Waals surface area contributed by atoms with Gasteiger partial charge in [0, 0.05) is 18.8 Å². The first-order valence-corrected chi connectivity index (χ1v) is 8.24. The highest BCUT2D eigenvalue weighted by atomic mass is 35.5. The highest BCUT2D eigenvalue weighted by Gasteiger charge is 2.22. The Morgan fingerprint density at radius 2 is 2.04 bits per heavy atom. The number of piperidine rings is 1. The molecule has 0 radical (unpaired) electrons. The number of hydrogen-bond acceptors (Lipinski definition) is 4. The van der Waals surface area contributed by atoms with E-state index in [2.05, 4.69) is 22.2 Å². The molecule has 1 N–H and O–H groups in total. The largest absolute Gasteiger partial charge is 0.339 e. The van der Waals surface area contributed by atoms with E-state index in [1.54, 1.807) is 6.07 Å². The number of anilines is 2. The quantitative estimate of drug-likeness (QED) is 0.914. The summed E-state index contributed by atoms with van der Waals surface area (Å²) in [5.41, 5.74) is 0.923. The van der Waals surface area contributed by atoms with Crippen LogP contribution in [0.25, 0.3) is 0 Å². The number of carbonyl (C=O) groups is 1. The molecule has 3 rings (SSSR count). The van der Waals surface area contributed by atoms with Gasteiger partial charge in [0.25, 0.3) is 5.91 Å². The Balaban J connectivity index is 1.66. The van der Waals surface area contributed by atoms with Crippen molar-refractivity contribution in [2.24, 2.45) is 5.92 Å². The first-order valence-electron chi connectivity index (χ1n) is 7.86. The normalized spacial score (nSPS) is 15.4. The smallest absolute Gasteiger partial charge is 0.274 e. The number of nitrogens with zero attached hydrogens (tertiary/aromatic N) is 3. The van der Waals surface area contributed by atoms with Gasteiger partial charge in [-0.3, -0.25) is 4.79 Å². The van der Waals surface area contributed by atoms with Gasteiger partial charge in [-0.25, -0.2) is 14.4 Å². The van der Waals surface area contributed by atoms with Crippen LogP contribution < -0.4 is 5.32 Å². The molecule has 2 aromatic rings. The SMILES string of the molecule is CC1CCN(C(=O)c2cnc(Nc3ccc(F)c(Cl)c3)cn2)CC1. The Morgan fingerprint density at radius 3 is 2.67 bits per heavy atom. The summed E-state index contributed by atoms with van der Waals surface area (Å²) in [5.74, 6) is 0.548. The molecule has 1 aliphatic heterocycles. The van der Waals surface area contributed by atoms with Crippen LogP contribution in [0.3, 0.4) is 0 Å². The minimum Gasteiger partial charge on any atom is -0.339 e. The van der Waals surface area contributed by atoms with Crippen LogP contribution in [0.2, 0.25) is 5.02 Å². The van der Waals surface area contributed by atoms with Gasteiger partial charge in [0.05, 0.1) is 17.4 Å². The van der Waals surface area contributed by atoms with Crippen molar-refractivity contribution in [3.8, 4) is 0 Å². The van der Waals surface area contributed by atoms with Crippen LogP contribution in [0.1, 0.15) is 30.3 Å². The molecule has 0 aliphatic carbocycles. The van der Waals surface area contributed by atoms with Crippen LogP contribution in [0.4, 0.5) is 15.9 Å². The molecule has 0 unspecified atom stereocenters. The number of rotatable bonds is 3. The molecule has 5 nitrogen and oxygen atoms in total. The number of aromatic nitrogens is 2. The second-order valence-electron chi connectivity index (χ2n) is 6.02. The van der Waals surface area contributed by atoms with Gasteiger partial charge in [-0.2, -0.15) is 0 Å². The minimum atomic E-state index is -0.481. The second-order valence-corrected chi connectivity index (χ2v) is 6.42. The fraction of sp³-hybridized carbons (Fsp3) is 0.353. The van der Waals surface area contributed by atoms with Gasteiger partial charge in [0.15, 0.2) is 0 Å². The van der Waals surface area contributed by atoms with E-state index in [1.807, 2.05) is 4.90 Å². The molecule has 0 spiro atoms. The van der Waals surface area contributed by atoms with Gasteiger partial charge >= 0.3 is 0 Å². The number of amides is 1. The van der Waals surface area contributed by atoms with E-state index in [0.29, 0.717) is 23.1 Å². The lowest BCUT2D eigenvalue weighted by atomic mass is 9.99. The van der Waals surface area contributed by atoms with E-state index < -0.39 is 5.82 Å². The highest BCUT2D eigenvalue weighted by molar-refractivity contribution is 6.31. The topological polar surface area (TPSA) is 58.1 Å². The lowest BCUT2D eigenvalue weighted by Crippen LogP contribution is -2.38. The van der Waals surface area contributed by atoms with E-state index in [9.17, 15) is 9.18 Å². The van der Waals surface area contributed by atoms with Crippen LogP contribution >= 0.6 is 11.6 Å². The molecule has 1 saturated heterocycles. The summed E-state index contributed by atoms with van der Waals surface area (Å²) < 4.78 is 13.2. The van der Waals surface area contributed by atoms with Crippen LogP contribution in [-0.2, 0) is 0 Å². The molecule has 24 heavy (non-hydrogen) atoms. The molecule has 7 heteroatoms. The number of benzene rings is 1. The average molecular weight is 349 g/mol. The maximum atomic E-state index is 13.2. The van der Waals surface area contributed by atoms with Crippen LogP contribution in [0, 0.1) is 11.7 Å². The minimum absolute atomic E-state index is 0.0269. The molecule has 0 bridgehead atoms. The summed E-state index contributed by atoms with van der Waals surface area (Å²) in [6.07, 6.45) is 4.97. The van der Waals surface area contributed by atoms with E-state index in [1.165, 1.54) is 24.5 Å². The Kier molecular flexibility index (Phi) is 4.94. The summed E-state index contributed by atoms with van der Waals surface area (Å²) in [6.45, 7) is 3.72. The van der Waals surface area contributed by atoms with E-state index in [4.69, 9.17) is 11.6 Å². The standard InChI is InChI=1S/C17H18ClFN4O/c1-11-4-6-23(7-5-11)17(24)15-9-21-16(10-20-15)22-12-2-3-14(19)13(18)8-12/h2-3,8-11H,4-7H2,1H3,(H,21,22). The Morgan fingerprint density at radius 1 is 1.29 bits per heavy atom. The van der Waals surface area contributed by atoms with Crippen molar-refractivity contribution in [1.82, 2.24) is 14.9 Å². The number of halogens is 2. The summed E-state index contributed by atoms with van der Waals surface area (Å²) in [5, 5.41) is 3.00. The number of likely N-dealkylation sites (tertiary alicyclic amines) is 1. The molecule has 126 valence electrons. The Labute approximate surface area is 144 Å². The third-order valence-corrected chi connectivity index (χ3v) is 4.42. The monoisotopic (exact) mass is 348 g/mol. The van der Waals surface area contributed by atoms with Crippen LogP contribution in [0.15, 0.2) is 30.6 Å². The molecule has 0 atom stereocenters. The second kappa shape index (κ2) is 7.13. The molecule has 1 aliphatic rings. The van der Waals surface area contributed by atoms with Gasteiger partial charge in [-0.1, -0.05) is 18.5 Å². The molecule has 2 heterocycles. The average Bonchev–Trinajstić information content (AvgIpc) is 2.59. The third-order valence-electron chi connectivity index (χ3n) is 4.13.